The molecule has 0 unspecified atom stereocenters. The number of benzene rings is 3. The van der Waals surface area contributed by atoms with Crippen LogP contribution in [0.2, 0.25) is 0 Å². The van der Waals surface area contributed by atoms with Gasteiger partial charge in [-0.3, -0.25) is 9.69 Å². The molecular weight excluding hydrogens is 421 g/mol. The Balaban J connectivity index is 1.76. The number of nitrogens with zero attached hydrogens (tertiary/aromatic N) is 2. The molecule has 31 heavy (non-hydrogen) atoms. The van der Waals surface area contributed by atoms with Crippen molar-refractivity contribution in [3.8, 4) is 0 Å². The highest BCUT2D eigenvalue weighted by Gasteiger charge is 2.31. The summed E-state index contributed by atoms with van der Waals surface area (Å²) in [5, 5.41) is 0.512. The molecular formula is C24H19F3N2OS. The standard InChI is InChI=1S/C24H19F3N2OS/c1-15-8-13-20-21(16(15)2)28-23(31-20)29(14-17-6-4-3-5-7-17)22(30)18-9-11-19(12-10-18)24(25,26)27/h3-13H,14H2,1-2H3. The predicted molar refractivity (Wildman–Crippen MR) is 117 cm³/mol. The van der Waals surface area contributed by atoms with Crippen LogP contribution in [0.25, 0.3) is 10.2 Å². The molecule has 1 heterocycles. The van der Waals surface area contributed by atoms with E-state index in [0.29, 0.717) is 5.13 Å². The van der Waals surface area contributed by atoms with Crippen molar-refractivity contribution in [2.45, 2.75) is 26.6 Å². The third-order valence-corrected chi connectivity index (χ3v) is 6.24. The van der Waals surface area contributed by atoms with Gasteiger partial charge in [0.2, 0.25) is 0 Å². The fourth-order valence-electron chi connectivity index (χ4n) is 3.28. The molecule has 3 aromatic carbocycles. The first-order valence-corrected chi connectivity index (χ1v) is 10.5. The summed E-state index contributed by atoms with van der Waals surface area (Å²) < 4.78 is 39.7. The van der Waals surface area contributed by atoms with Crippen LogP contribution in [0, 0.1) is 13.8 Å². The van der Waals surface area contributed by atoms with E-state index in [-0.39, 0.29) is 12.1 Å². The van der Waals surface area contributed by atoms with Crippen LogP contribution in [0.3, 0.4) is 0 Å². The molecule has 0 N–H and O–H groups in total. The monoisotopic (exact) mass is 440 g/mol. The second kappa shape index (κ2) is 8.15. The van der Waals surface area contributed by atoms with E-state index in [1.54, 1.807) is 0 Å². The fourth-order valence-corrected chi connectivity index (χ4v) is 4.30. The first-order chi connectivity index (χ1) is 14.7. The van der Waals surface area contributed by atoms with Gasteiger partial charge in [-0.25, -0.2) is 4.98 Å². The number of carbonyl (C=O) groups is 1. The lowest BCUT2D eigenvalue weighted by molar-refractivity contribution is -0.137. The van der Waals surface area contributed by atoms with Crippen molar-refractivity contribution in [2.75, 3.05) is 4.90 Å². The fraction of sp³-hybridized carbons (Fsp3) is 0.167. The van der Waals surface area contributed by atoms with Gasteiger partial charge in [-0.15, -0.1) is 0 Å². The molecule has 0 fully saturated rings. The molecule has 4 aromatic rings. The maximum atomic E-state index is 13.4. The Morgan fingerprint density at radius 1 is 0.968 bits per heavy atom. The number of anilines is 1. The number of carbonyl (C=O) groups excluding carboxylic acids is 1. The molecule has 0 saturated heterocycles. The summed E-state index contributed by atoms with van der Waals surface area (Å²) in [6.45, 7) is 4.25. The van der Waals surface area contributed by atoms with Gasteiger partial charge in [0.05, 0.1) is 22.3 Å². The van der Waals surface area contributed by atoms with Crippen molar-refractivity contribution in [3.63, 3.8) is 0 Å². The molecule has 3 nitrogen and oxygen atoms in total. The van der Waals surface area contributed by atoms with Gasteiger partial charge in [0.15, 0.2) is 5.13 Å². The van der Waals surface area contributed by atoms with Crippen molar-refractivity contribution in [2.24, 2.45) is 0 Å². The van der Waals surface area contributed by atoms with Gasteiger partial charge in [-0.05, 0) is 60.9 Å². The average Bonchev–Trinajstić information content (AvgIpc) is 3.19. The largest absolute Gasteiger partial charge is 0.416 e. The van der Waals surface area contributed by atoms with Crippen molar-refractivity contribution < 1.29 is 18.0 Å². The number of aryl methyl sites for hydroxylation is 2. The van der Waals surface area contributed by atoms with Crippen LogP contribution in [0.1, 0.15) is 32.6 Å². The van der Waals surface area contributed by atoms with E-state index in [4.69, 9.17) is 4.98 Å². The van der Waals surface area contributed by atoms with Crippen molar-refractivity contribution in [1.82, 2.24) is 4.98 Å². The maximum Gasteiger partial charge on any atom is 0.416 e. The van der Waals surface area contributed by atoms with Crippen LogP contribution in [0.4, 0.5) is 18.3 Å². The van der Waals surface area contributed by atoms with Gasteiger partial charge < -0.3 is 0 Å². The molecule has 0 radical (unpaired) electrons. The Morgan fingerprint density at radius 2 is 1.65 bits per heavy atom. The second-order valence-electron chi connectivity index (χ2n) is 7.30. The predicted octanol–water partition coefficient (Wildman–Crippen LogP) is 6.78. The summed E-state index contributed by atoms with van der Waals surface area (Å²) in [6, 6.07) is 17.7. The number of aromatic nitrogens is 1. The quantitative estimate of drug-likeness (QED) is 0.350. The van der Waals surface area contributed by atoms with E-state index >= 15 is 0 Å². The van der Waals surface area contributed by atoms with E-state index < -0.39 is 17.6 Å². The van der Waals surface area contributed by atoms with Gasteiger partial charge in [0.25, 0.3) is 5.91 Å². The molecule has 1 aromatic heterocycles. The Hall–Kier alpha value is -3.19. The van der Waals surface area contributed by atoms with Crippen molar-refractivity contribution >= 4 is 32.6 Å². The van der Waals surface area contributed by atoms with Crippen LogP contribution >= 0.6 is 11.3 Å². The topological polar surface area (TPSA) is 33.2 Å². The minimum absolute atomic E-state index is 0.177. The molecule has 4 rings (SSSR count). The summed E-state index contributed by atoms with van der Waals surface area (Å²) in [6.07, 6.45) is -4.45. The lowest BCUT2D eigenvalue weighted by Crippen LogP contribution is -2.30. The molecule has 0 bridgehead atoms. The molecule has 0 atom stereocenters. The highest BCUT2D eigenvalue weighted by atomic mass is 32.1. The number of fused-ring (bicyclic) bond motifs is 1. The molecule has 0 aliphatic carbocycles. The Kier molecular flexibility index (Phi) is 5.54. The summed E-state index contributed by atoms with van der Waals surface area (Å²) >= 11 is 1.39. The van der Waals surface area contributed by atoms with Crippen LogP contribution < -0.4 is 4.90 Å². The Labute approximate surface area is 181 Å². The lowest BCUT2D eigenvalue weighted by atomic mass is 10.1. The highest BCUT2D eigenvalue weighted by Crippen LogP contribution is 2.34. The number of hydrogen-bond donors (Lipinski definition) is 0. The third-order valence-electron chi connectivity index (χ3n) is 5.19. The molecule has 7 heteroatoms. The first kappa shape index (κ1) is 21.1. The van der Waals surface area contributed by atoms with Crippen LogP contribution in [0.5, 0.6) is 0 Å². The van der Waals surface area contributed by atoms with Gasteiger partial charge in [0.1, 0.15) is 0 Å². The molecule has 0 saturated carbocycles. The summed E-state index contributed by atoms with van der Waals surface area (Å²) in [5.41, 5.74) is 3.27. The van der Waals surface area contributed by atoms with Crippen LogP contribution in [-0.4, -0.2) is 10.9 Å². The average molecular weight is 440 g/mol. The summed E-state index contributed by atoms with van der Waals surface area (Å²) in [7, 11) is 0. The maximum absolute atomic E-state index is 13.4. The minimum atomic E-state index is -4.45. The number of amides is 1. The minimum Gasteiger partial charge on any atom is -0.279 e. The van der Waals surface area contributed by atoms with Crippen LogP contribution in [-0.2, 0) is 12.7 Å². The Morgan fingerprint density at radius 3 is 2.29 bits per heavy atom. The van der Waals surface area contributed by atoms with E-state index in [0.717, 1.165) is 39.0 Å². The number of halogens is 3. The van der Waals surface area contributed by atoms with Gasteiger partial charge >= 0.3 is 6.18 Å². The van der Waals surface area contributed by atoms with Gasteiger partial charge in [0, 0.05) is 5.56 Å². The molecule has 158 valence electrons. The van der Waals surface area contributed by atoms with Crippen LogP contribution in [0.15, 0.2) is 66.7 Å². The van der Waals surface area contributed by atoms with E-state index in [1.165, 1.54) is 28.4 Å². The zero-order valence-corrected chi connectivity index (χ0v) is 17.7. The SMILES string of the molecule is Cc1ccc2sc(N(Cc3ccccc3)C(=O)c3ccc(C(F)(F)F)cc3)nc2c1C. The zero-order valence-electron chi connectivity index (χ0n) is 16.9. The second-order valence-corrected chi connectivity index (χ2v) is 8.31. The number of hydrogen-bond acceptors (Lipinski definition) is 3. The number of alkyl halides is 3. The normalized spacial score (nSPS) is 11.6. The van der Waals surface area contributed by atoms with E-state index in [1.807, 2.05) is 56.3 Å². The lowest BCUT2D eigenvalue weighted by Gasteiger charge is -2.20. The summed E-state index contributed by atoms with van der Waals surface area (Å²) in [5.74, 6) is -0.397. The van der Waals surface area contributed by atoms with E-state index in [9.17, 15) is 18.0 Å². The molecule has 0 spiro atoms. The third kappa shape index (κ3) is 4.32. The molecule has 1 amide bonds. The smallest absolute Gasteiger partial charge is 0.279 e. The van der Waals surface area contributed by atoms with Gasteiger partial charge in [-0.2, -0.15) is 13.2 Å². The van der Waals surface area contributed by atoms with Crippen molar-refractivity contribution in [3.05, 3.63) is 94.5 Å². The molecule has 0 aliphatic rings. The highest BCUT2D eigenvalue weighted by molar-refractivity contribution is 7.22. The molecule has 0 aliphatic heterocycles. The zero-order chi connectivity index (χ0) is 22.2. The summed E-state index contributed by atoms with van der Waals surface area (Å²) in [4.78, 5) is 19.6. The number of rotatable bonds is 4. The first-order valence-electron chi connectivity index (χ1n) is 9.64. The van der Waals surface area contributed by atoms with Crippen molar-refractivity contribution in [1.29, 1.82) is 0 Å². The Bertz CT molecular complexity index is 1230. The van der Waals surface area contributed by atoms with Gasteiger partial charge in [-0.1, -0.05) is 47.7 Å². The van der Waals surface area contributed by atoms with E-state index in [2.05, 4.69) is 0 Å². The number of thiazole rings is 1.